The Morgan fingerprint density at radius 2 is 2.06 bits per heavy atom. The van der Waals surface area contributed by atoms with Gasteiger partial charge in [-0.1, -0.05) is 18.2 Å². The molecule has 0 spiro atoms. The van der Waals surface area contributed by atoms with Crippen molar-refractivity contribution in [2.24, 2.45) is 0 Å². The molecular formula is C25H26N4O3. The first-order valence-electron chi connectivity index (χ1n) is 10.8. The molecule has 1 aromatic heterocycles. The number of anilines is 1. The molecule has 1 aliphatic rings. The second kappa shape index (κ2) is 8.93. The van der Waals surface area contributed by atoms with E-state index in [1.165, 1.54) is 17.3 Å². The Bertz CT molecular complexity index is 1220. The largest absolute Gasteiger partial charge is 0.378 e. The van der Waals surface area contributed by atoms with Crippen molar-refractivity contribution in [2.75, 3.05) is 11.5 Å². The molecule has 1 saturated heterocycles. The average molecular weight is 431 g/mol. The summed E-state index contributed by atoms with van der Waals surface area (Å²) in [6.07, 6.45) is 2.94. The number of hydrogen-bond acceptors (Lipinski definition) is 6. The molecule has 7 nitrogen and oxygen atoms in total. The van der Waals surface area contributed by atoms with Crippen LogP contribution < -0.4 is 4.90 Å². The highest BCUT2D eigenvalue weighted by Gasteiger charge is 2.32. The topological polar surface area (TPSA) is 92.3 Å². The lowest BCUT2D eigenvalue weighted by molar-refractivity contribution is -0.384. The van der Waals surface area contributed by atoms with Gasteiger partial charge in [-0.25, -0.2) is 4.98 Å². The predicted molar refractivity (Wildman–Crippen MR) is 124 cm³/mol. The van der Waals surface area contributed by atoms with Crippen LogP contribution in [0.4, 0.5) is 11.4 Å². The van der Waals surface area contributed by atoms with Crippen LogP contribution in [-0.4, -0.2) is 28.7 Å². The zero-order chi connectivity index (χ0) is 22.8. The Hall–Kier alpha value is -3.50. The molecular weight excluding hydrogens is 404 g/mol. The summed E-state index contributed by atoms with van der Waals surface area (Å²) in [5.74, 6) is 0. The lowest BCUT2D eigenvalue weighted by atomic mass is 9.98. The number of pyridine rings is 1. The van der Waals surface area contributed by atoms with Crippen molar-refractivity contribution in [3.05, 3.63) is 75.0 Å². The van der Waals surface area contributed by atoms with Crippen LogP contribution in [0.5, 0.6) is 0 Å². The standard InChI is InChI=1S/C25H26N4O3/c1-16-4-5-20(10-17(16)2)15-28(21-8-9-32-18(3)11-21)25-22-12-19(13-26)6-7-23(22)27-14-24(25)29(30)31/h4-7,10,12,14,18,21H,8-9,11,15H2,1-3H3/t18-,21-/m1/s1. The van der Waals surface area contributed by atoms with E-state index in [1.54, 1.807) is 18.2 Å². The molecule has 7 heteroatoms. The minimum atomic E-state index is -0.378. The van der Waals surface area contributed by atoms with Crippen molar-refractivity contribution < 1.29 is 9.66 Å². The molecule has 164 valence electrons. The minimum absolute atomic E-state index is 0.0458. The molecule has 0 radical (unpaired) electrons. The van der Waals surface area contributed by atoms with Crippen molar-refractivity contribution in [1.29, 1.82) is 5.26 Å². The zero-order valence-corrected chi connectivity index (χ0v) is 18.5. The smallest absolute Gasteiger partial charge is 0.311 e. The Labute approximate surface area is 187 Å². The molecule has 0 aliphatic carbocycles. The molecule has 2 aromatic carbocycles. The van der Waals surface area contributed by atoms with E-state index in [9.17, 15) is 15.4 Å². The van der Waals surface area contributed by atoms with E-state index in [2.05, 4.69) is 48.0 Å². The summed E-state index contributed by atoms with van der Waals surface area (Å²) in [7, 11) is 0. The maximum atomic E-state index is 12.1. The number of fused-ring (bicyclic) bond motifs is 1. The highest BCUT2D eigenvalue weighted by molar-refractivity contribution is 5.97. The van der Waals surface area contributed by atoms with E-state index in [-0.39, 0.29) is 22.8 Å². The zero-order valence-electron chi connectivity index (χ0n) is 18.5. The summed E-state index contributed by atoms with van der Waals surface area (Å²) in [5, 5.41) is 22.1. The second-order valence-corrected chi connectivity index (χ2v) is 8.50. The summed E-state index contributed by atoms with van der Waals surface area (Å²) in [5.41, 5.74) is 5.04. The first-order valence-corrected chi connectivity index (χ1v) is 10.8. The fraction of sp³-hybridized carbons (Fsp3) is 0.360. The van der Waals surface area contributed by atoms with E-state index in [0.29, 0.717) is 35.3 Å². The Kier molecular flexibility index (Phi) is 6.06. The highest BCUT2D eigenvalue weighted by atomic mass is 16.6. The molecule has 0 unspecified atom stereocenters. The number of nitriles is 1. The third-order valence-electron chi connectivity index (χ3n) is 6.26. The van der Waals surface area contributed by atoms with E-state index in [4.69, 9.17) is 4.74 Å². The SMILES string of the molecule is Cc1ccc(CN(c2c([N+](=O)[O-])cnc3ccc(C#N)cc23)[C@@H]2CCO[C@H](C)C2)cc1C. The van der Waals surface area contributed by atoms with Gasteiger partial charge in [0.05, 0.1) is 28.2 Å². The van der Waals surface area contributed by atoms with Gasteiger partial charge in [0.1, 0.15) is 11.9 Å². The highest BCUT2D eigenvalue weighted by Crippen LogP contribution is 2.39. The summed E-state index contributed by atoms with van der Waals surface area (Å²) >= 11 is 0. The fourth-order valence-electron chi connectivity index (χ4n) is 4.42. The van der Waals surface area contributed by atoms with Crippen LogP contribution in [0.3, 0.4) is 0 Å². The molecule has 1 fully saturated rings. The molecule has 4 rings (SSSR count). The number of aromatic nitrogens is 1. The third kappa shape index (κ3) is 4.27. The van der Waals surface area contributed by atoms with E-state index in [0.717, 1.165) is 18.4 Å². The number of nitrogens with zero attached hydrogens (tertiary/aromatic N) is 4. The molecule has 0 saturated carbocycles. The van der Waals surface area contributed by atoms with Crippen LogP contribution in [0.25, 0.3) is 10.9 Å². The second-order valence-electron chi connectivity index (χ2n) is 8.50. The van der Waals surface area contributed by atoms with Crippen molar-refractivity contribution in [3.63, 3.8) is 0 Å². The van der Waals surface area contributed by atoms with Crippen LogP contribution in [-0.2, 0) is 11.3 Å². The first-order chi connectivity index (χ1) is 15.4. The molecule has 32 heavy (non-hydrogen) atoms. The molecule has 0 N–H and O–H groups in total. The van der Waals surface area contributed by atoms with E-state index >= 15 is 0 Å². The van der Waals surface area contributed by atoms with Gasteiger partial charge < -0.3 is 9.64 Å². The lowest BCUT2D eigenvalue weighted by Crippen LogP contribution is -2.42. The Balaban J connectivity index is 1.93. The van der Waals surface area contributed by atoms with Gasteiger partial charge in [-0.3, -0.25) is 10.1 Å². The molecule has 3 aromatic rings. The van der Waals surface area contributed by atoms with Crippen LogP contribution >= 0.6 is 0 Å². The molecule has 2 heterocycles. The number of hydrogen-bond donors (Lipinski definition) is 0. The maximum Gasteiger partial charge on any atom is 0.311 e. The van der Waals surface area contributed by atoms with E-state index < -0.39 is 0 Å². The Morgan fingerprint density at radius 3 is 2.75 bits per heavy atom. The number of ether oxygens (including phenoxy) is 1. The summed E-state index contributed by atoms with van der Waals surface area (Å²) < 4.78 is 5.76. The van der Waals surface area contributed by atoms with Gasteiger partial charge in [0.25, 0.3) is 0 Å². The number of benzene rings is 2. The third-order valence-corrected chi connectivity index (χ3v) is 6.26. The summed E-state index contributed by atoms with van der Waals surface area (Å²) in [6.45, 7) is 7.31. The van der Waals surface area contributed by atoms with Gasteiger partial charge in [-0.05, 0) is 68.5 Å². The quantitative estimate of drug-likeness (QED) is 0.408. The first kappa shape index (κ1) is 21.7. The summed E-state index contributed by atoms with van der Waals surface area (Å²) in [6, 6.07) is 13.7. The normalized spacial score (nSPS) is 18.3. The summed E-state index contributed by atoms with van der Waals surface area (Å²) in [4.78, 5) is 18.1. The van der Waals surface area contributed by atoms with Gasteiger partial charge in [0.15, 0.2) is 0 Å². The van der Waals surface area contributed by atoms with Gasteiger partial charge in [0, 0.05) is 24.6 Å². The van der Waals surface area contributed by atoms with Crippen LogP contribution in [0.1, 0.15) is 42.0 Å². The van der Waals surface area contributed by atoms with Crippen LogP contribution in [0.2, 0.25) is 0 Å². The van der Waals surface area contributed by atoms with Gasteiger partial charge >= 0.3 is 5.69 Å². The van der Waals surface area contributed by atoms with Crippen LogP contribution in [0.15, 0.2) is 42.6 Å². The number of aryl methyl sites for hydroxylation is 2. The molecule has 0 bridgehead atoms. The molecule has 0 amide bonds. The average Bonchev–Trinajstić information content (AvgIpc) is 2.78. The van der Waals surface area contributed by atoms with Crippen molar-refractivity contribution in [2.45, 2.75) is 52.3 Å². The van der Waals surface area contributed by atoms with Gasteiger partial charge in [-0.15, -0.1) is 0 Å². The van der Waals surface area contributed by atoms with Crippen molar-refractivity contribution >= 4 is 22.3 Å². The molecule has 1 aliphatic heterocycles. The maximum absolute atomic E-state index is 12.1. The molecule has 2 atom stereocenters. The van der Waals surface area contributed by atoms with E-state index in [1.807, 2.05) is 6.92 Å². The lowest BCUT2D eigenvalue weighted by Gasteiger charge is -2.38. The van der Waals surface area contributed by atoms with Crippen LogP contribution in [0, 0.1) is 35.3 Å². The number of rotatable bonds is 5. The van der Waals surface area contributed by atoms with Crippen molar-refractivity contribution in [3.8, 4) is 6.07 Å². The monoisotopic (exact) mass is 430 g/mol. The van der Waals surface area contributed by atoms with Crippen molar-refractivity contribution in [1.82, 2.24) is 4.98 Å². The fourth-order valence-corrected chi connectivity index (χ4v) is 4.42. The van der Waals surface area contributed by atoms with Gasteiger partial charge in [0.2, 0.25) is 0 Å². The van der Waals surface area contributed by atoms with Gasteiger partial charge in [-0.2, -0.15) is 5.26 Å². The minimum Gasteiger partial charge on any atom is -0.378 e. The Morgan fingerprint density at radius 1 is 1.25 bits per heavy atom. The predicted octanol–water partition coefficient (Wildman–Crippen LogP) is 5.21. The number of nitro groups is 1.